The normalized spacial score (nSPS) is 10.8. The molecule has 0 aromatic heterocycles. The highest BCUT2D eigenvalue weighted by atomic mass is 35.5. The molecular weight excluding hydrogens is 184 g/mol. The number of benzene rings is 1. The van der Waals surface area contributed by atoms with E-state index in [-0.39, 0.29) is 0 Å². The minimum absolute atomic E-state index is 0.813. The number of hydrogen-bond donors (Lipinski definition) is 0. The van der Waals surface area contributed by atoms with Gasteiger partial charge in [-0.05, 0) is 44.0 Å². The smallest absolute Gasteiger partial charge is 0.127 e. The van der Waals surface area contributed by atoms with Crippen molar-refractivity contribution in [2.45, 2.75) is 20.8 Å². The maximum atomic E-state index is 6.01. The van der Waals surface area contributed by atoms with E-state index in [1.54, 1.807) is 6.26 Å². The quantitative estimate of drug-likeness (QED) is 0.653. The molecule has 1 aromatic carbocycles. The lowest BCUT2D eigenvalue weighted by molar-refractivity contribution is 0.479. The van der Waals surface area contributed by atoms with E-state index in [0.717, 1.165) is 21.9 Å². The van der Waals surface area contributed by atoms with Gasteiger partial charge in [-0.1, -0.05) is 17.7 Å². The van der Waals surface area contributed by atoms with E-state index in [1.807, 2.05) is 39.0 Å². The summed E-state index contributed by atoms with van der Waals surface area (Å²) in [6.45, 7) is 5.85. The lowest BCUT2D eigenvalue weighted by atomic mass is 10.1. The van der Waals surface area contributed by atoms with Crippen LogP contribution in [-0.2, 0) is 0 Å². The van der Waals surface area contributed by atoms with E-state index >= 15 is 0 Å². The van der Waals surface area contributed by atoms with Gasteiger partial charge in [0, 0.05) is 5.02 Å². The van der Waals surface area contributed by atoms with Crippen molar-refractivity contribution < 1.29 is 4.74 Å². The zero-order valence-electron chi connectivity index (χ0n) is 8.10. The van der Waals surface area contributed by atoms with E-state index in [9.17, 15) is 0 Å². The van der Waals surface area contributed by atoms with Crippen LogP contribution in [0.25, 0.3) is 0 Å². The van der Waals surface area contributed by atoms with Crippen LogP contribution in [0.5, 0.6) is 5.75 Å². The fourth-order valence-electron chi connectivity index (χ4n) is 1.12. The average molecular weight is 197 g/mol. The fraction of sp³-hybridized carbons (Fsp3) is 0.273. The standard InChI is InChI=1S/C11H13ClO/c1-4-5-13-10-6-8(2)11(12)9(3)7-10/h4-7H,1-3H3/b5-4-. The van der Waals surface area contributed by atoms with Crippen LogP contribution in [-0.4, -0.2) is 0 Å². The Kier molecular flexibility index (Phi) is 3.38. The molecule has 0 saturated heterocycles. The van der Waals surface area contributed by atoms with Crippen molar-refractivity contribution in [2.75, 3.05) is 0 Å². The zero-order valence-corrected chi connectivity index (χ0v) is 8.85. The minimum Gasteiger partial charge on any atom is -0.465 e. The molecule has 0 heterocycles. The Hall–Kier alpha value is -0.950. The number of hydrogen-bond acceptors (Lipinski definition) is 1. The maximum Gasteiger partial charge on any atom is 0.127 e. The molecule has 0 N–H and O–H groups in total. The van der Waals surface area contributed by atoms with E-state index in [2.05, 4.69) is 0 Å². The average Bonchev–Trinajstić information content (AvgIpc) is 2.10. The summed E-state index contributed by atoms with van der Waals surface area (Å²) < 4.78 is 5.33. The second-order valence-corrected chi connectivity index (χ2v) is 3.34. The van der Waals surface area contributed by atoms with Crippen molar-refractivity contribution in [2.24, 2.45) is 0 Å². The van der Waals surface area contributed by atoms with E-state index in [1.165, 1.54) is 0 Å². The third-order valence-corrected chi connectivity index (χ3v) is 2.35. The summed E-state index contributed by atoms with van der Waals surface area (Å²) in [5.41, 5.74) is 2.09. The molecule has 0 radical (unpaired) electrons. The fourth-order valence-corrected chi connectivity index (χ4v) is 1.23. The molecule has 0 unspecified atom stereocenters. The molecule has 0 spiro atoms. The van der Waals surface area contributed by atoms with E-state index < -0.39 is 0 Å². The van der Waals surface area contributed by atoms with Crippen LogP contribution in [0.3, 0.4) is 0 Å². The lowest BCUT2D eigenvalue weighted by Gasteiger charge is -2.06. The van der Waals surface area contributed by atoms with Crippen LogP contribution in [0.1, 0.15) is 18.1 Å². The molecule has 1 aromatic rings. The van der Waals surface area contributed by atoms with Crippen molar-refractivity contribution in [3.05, 3.63) is 40.6 Å². The number of aryl methyl sites for hydroxylation is 2. The molecule has 0 bridgehead atoms. The van der Waals surface area contributed by atoms with Gasteiger partial charge in [0.1, 0.15) is 5.75 Å². The summed E-state index contributed by atoms with van der Waals surface area (Å²) in [7, 11) is 0. The predicted molar refractivity (Wildman–Crippen MR) is 56.4 cm³/mol. The van der Waals surface area contributed by atoms with Crippen LogP contribution in [0.15, 0.2) is 24.5 Å². The van der Waals surface area contributed by atoms with Crippen LogP contribution in [0, 0.1) is 13.8 Å². The van der Waals surface area contributed by atoms with Gasteiger partial charge < -0.3 is 4.74 Å². The Balaban J connectivity index is 2.99. The molecular formula is C11H13ClO. The van der Waals surface area contributed by atoms with Gasteiger partial charge in [-0.2, -0.15) is 0 Å². The summed E-state index contributed by atoms with van der Waals surface area (Å²) in [5, 5.41) is 0.813. The van der Waals surface area contributed by atoms with Gasteiger partial charge in [0.2, 0.25) is 0 Å². The third-order valence-electron chi connectivity index (χ3n) is 1.75. The first-order chi connectivity index (χ1) is 6.15. The van der Waals surface area contributed by atoms with Crippen LogP contribution in [0.4, 0.5) is 0 Å². The lowest BCUT2D eigenvalue weighted by Crippen LogP contribution is -1.86. The minimum atomic E-state index is 0.813. The van der Waals surface area contributed by atoms with Crippen molar-refractivity contribution in [1.82, 2.24) is 0 Å². The second-order valence-electron chi connectivity index (χ2n) is 2.96. The largest absolute Gasteiger partial charge is 0.465 e. The highest BCUT2D eigenvalue weighted by Crippen LogP contribution is 2.25. The van der Waals surface area contributed by atoms with Gasteiger partial charge in [-0.3, -0.25) is 0 Å². The van der Waals surface area contributed by atoms with Crippen molar-refractivity contribution in [3.63, 3.8) is 0 Å². The molecule has 13 heavy (non-hydrogen) atoms. The Bertz CT molecular complexity index is 306. The SMILES string of the molecule is C/C=C\Oc1cc(C)c(Cl)c(C)c1. The first-order valence-electron chi connectivity index (χ1n) is 4.19. The number of rotatable bonds is 2. The Morgan fingerprint density at radius 1 is 1.23 bits per heavy atom. The van der Waals surface area contributed by atoms with E-state index in [4.69, 9.17) is 16.3 Å². The molecule has 0 amide bonds. The van der Waals surface area contributed by atoms with Gasteiger partial charge >= 0.3 is 0 Å². The van der Waals surface area contributed by atoms with Gasteiger partial charge in [-0.25, -0.2) is 0 Å². The Morgan fingerprint density at radius 2 is 1.77 bits per heavy atom. The maximum absolute atomic E-state index is 6.01. The first kappa shape index (κ1) is 10.1. The van der Waals surface area contributed by atoms with Gasteiger partial charge in [-0.15, -0.1) is 0 Å². The van der Waals surface area contributed by atoms with Gasteiger partial charge in [0.25, 0.3) is 0 Å². The molecule has 0 aliphatic carbocycles. The third kappa shape index (κ3) is 2.49. The molecule has 0 saturated carbocycles. The van der Waals surface area contributed by atoms with Gasteiger partial charge in [0.15, 0.2) is 0 Å². The molecule has 70 valence electrons. The highest BCUT2D eigenvalue weighted by Gasteiger charge is 2.01. The molecule has 0 fully saturated rings. The highest BCUT2D eigenvalue weighted by molar-refractivity contribution is 6.32. The van der Waals surface area contributed by atoms with Crippen molar-refractivity contribution in [1.29, 1.82) is 0 Å². The molecule has 1 rings (SSSR count). The number of halogens is 1. The summed E-state index contributed by atoms with van der Waals surface area (Å²) in [5.74, 6) is 0.831. The number of allylic oxidation sites excluding steroid dienone is 1. The predicted octanol–water partition coefficient (Wildman–Crippen LogP) is 3.87. The van der Waals surface area contributed by atoms with Crippen molar-refractivity contribution in [3.8, 4) is 5.75 Å². The van der Waals surface area contributed by atoms with Crippen molar-refractivity contribution >= 4 is 11.6 Å². The Labute approximate surface area is 84.0 Å². The summed E-state index contributed by atoms with van der Waals surface area (Å²) in [4.78, 5) is 0. The summed E-state index contributed by atoms with van der Waals surface area (Å²) in [6, 6.07) is 3.85. The van der Waals surface area contributed by atoms with E-state index in [0.29, 0.717) is 0 Å². The molecule has 2 heteroatoms. The topological polar surface area (TPSA) is 9.23 Å². The monoisotopic (exact) mass is 196 g/mol. The number of ether oxygens (including phenoxy) is 1. The zero-order chi connectivity index (χ0) is 9.84. The second kappa shape index (κ2) is 4.33. The van der Waals surface area contributed by atoms with Crippen LogP contribution in [0.2, 0.25) is 5.02 Å². The molecule has 1 nitrogen and oxygen atoms in total. The van der Waals surface area contributed by atoms with Gasteiger partial charge in [0.05, 0.1) is 6.26 Å². The summed E-state index contributed by atoms with van der Waals surface area (Å²) in [6.07, 6.45) is 3.50. The van der Waals surface area contributed by atoms with Crippen LogP contribution < -0.4 is 4.74 Å². The first-order valence-corrected chi connectivity index (χ1v) is 4.57. The molecule has 0 aliphatic rings. The summed E-state index contributed by atoms with van der Waals surface area (Å²) >= 11 is 6.01. The molecule has 0 aliphatic heterocycles. The Morgan fingerprint density at radius 3 is 2.23 bits per heavy atom. The molecule has 0 atom stereocenters. The van der Waals surface area contributed by atoms with Crippen LogP contribution >= 0.6 is 11.6 Å².